The number of amides is 1. The molecule has 5 nitrogen and oxygen atoms in total. The van der Waals surface area contributed by atoms with Gasteiger partial charge in [-0.1, -0.05) is 13.0 Å². The van der Waals surface area contributed by atoms with Gasteiger partial charge >= 0.3 is 0 Å². The van der Waals surface area contributed by atoms with Gasteiger partial charge < -0.3 is 10.0 Å². The van der Waals surface area contributed by atoms with Crippen molar-refractivity contribution in [2.75, 3.05) is 13.1 Å². The van der Waals surface area contributed by atoms with Crippen LogP contribution in [0.15, 0.2) is 24.4 Å². The van der Waals surface area contributed by atoms with Crippen LogP contribution in [0.1, 0.15) is 36.1 Å². The maximum Gasteiger partial charge on any atom is 0.230 e. The van der Waals surface area contributed by atoms with Crippen LogP contribution in [0.3, 0.4) is 0 Å². The first-order valence-corrected chi connectivity index (χ1v) is 8.38. The van der Waals surface area contributed by atoms with Crippen molar-refractivity contribution in [1.82, 2.24) is 15.1 Å². The molecule has 2 aliphatic rings. The Labute approximate surface area is 143 Å². The molecule has 7 heteroatoms. The first kappa shape index (κ1) is 16.2. The van der Waals surface area contributed by atoms with E-state index in [2.05, 4.69) is 10.2 Å². The Morgan fingerprint density at radius 1 is 1.36 bits per heavy atom. The highest BCUT2D eigenvalue weighted by atomic mass is 19.2. The van der Waals surface area contributed by atoms with Crippen LogP contribution in [-0.2, 0) is 16.8 Å². The van der Waals surface area contributed by atoms with Crippen molar-refractivity contribution in [2.45, 2.75) is 31.3 Å². The number of aromatic amines is 1. The molecule has 0 saturated carbocycles. The number of likely N-dealkylation sites (tertiary alicyclic amines) is 1. The molecule has 1 saturated heterocycles. The molecule has 1 amide bonds. The molecule has 132 valence electrons. The fraction of sp³-hybridized carbons (Fsp3) is 0.444. The summed E-state index contributed by atoms with van der Waals surface area (Å²) in [6.45, 7) is 2.19. The van der Waals surface area contributed by atoms with Crippen LogP contribution in [0.5, 0.6) is 0 Å². The Bertz CT molecular complexity index is 829. The number of nitrogens with one attached hydrogen (secondary N) is 1. The minimum Gasteiger partial charge on any atom is -0.381 e. The monoisotopic (exact) mass is 347 g/mol. The second-order valence-corrected chi connectivity index (χ2v) is 7.15. The highest BCUT2D eigenvalue weighted by Gasteiger charge is 2.48. The quantitative estimate of drug-likeness (QED) is 0.874. The van der Waals surface area contributed by atoms with E-state index in [1.807, 2.05) is 6.92 Å². The molecule has 2 aromatic rings. The van der Waals surface area contributed by atoms with Gasteiger partial charge in [0.2, 0.25) is 5.91 Å². The lowest BCUT2D eigenvalue weighted by molar-refractivity contribution is -0.160. The molecule has 25 heavy (non-hydrogen) atoms. The minimum atomic E-state index is -1.33. The summed E-state index contributed by atoms with van der Waals surface area (Å²) in [5.41, 5.74) is 0.873. The van der Waals surface area contributed by atoms with Crippen molar-refractivity contribution >= 4 is 5.91 Å². The number of aryl methyl sites for hydroxylation is 1. The van der Waals surface area contributed by atoms with Gasteiger partial charge in [0, 0.05) is 11.3 Å². The van der Waals surface area contributed by atoms with Gasteiger partial charge in [-0.25, -0.2) is 8.78 Å². The minimum absolute atomic E-state index is 0.0536. The molecule has 0 bridgehead atoms. The van der Waals surface area contributed by atoms with E-state index < -0.39 is 17.2 Å². The predicted molar refractivity (Wildman–Crippen MR) is 85.6 cm³/mol. The summed E-state index contributed by atoms with van der Waals surface area (Å²) in [6, 6.07) is 3.35. The number of carbonyl (C=O) groups is 1. The molecule has 1 aromatic heterocycles. The van der Waals surface area contributed by atoms with E-state index in [9.17, 15) is 18.7 Å². The Hall–Kier alpha value is -2.28. The lowest BCUT2D eigenvalue weighted by Gasteiger charge is -2.48. The van der Waals surface area contributed by atoms with Crippen molar-refractivity contribution in [3.63, 3.8) is 0 Å². The molecule has 0 spiro atoms. The van der Waals surface area contributed by atoms with E-state index in [-0.39, 0.29) is 36.4 Å². The normalized spacial score (nSPS) is 24.6. The average Bonchev–Trinajstić information content (AvgIpc) is 3.02. The lowest BCUT2D eigenvalue weighted by atomic mass is 9.76. The molecule has 2 heterocycles. The number of rotatable bonds is 2. The van der Waals surface area contributed by atoms with Crippen molar-refractivity contribution in [2.24, 2.45) is 5.92 Å². The van der Waals surface area contributed by atoms with Crippen LogP contribution in [0.4, 0.5) is 8.78 Å². The Morgan fingerprint density at radius 3 is 2.84 bits per heavy atom. The smallest absolute Gasteiger partial charge is 0.230 e. The molecule has 1 fully saturated rings. The Balaban J connectivity index is 1.52. The van der Waals surface area contributed by atoms with Crippen molar-refractivity contribution in [3.05, 3.63) is 52.9 Å². The topological polar surface area (TPSA) is 69.2 Å². The third-order valence-electron chi connectivity index (χ3n) is 5.44. The van der Waals surface area contributed by atoms with Crippen LogP contribution in [0.25, 0.3) is 0 Å². The Kier molecular flexibility index (Phi) is 3.64. The molecule has 2 N–H and O–H groups in total. The van der Waals surface area contributed by atoms with Crippen LogP contribution in [-0.4, -0.2) is 39.2 Å². The SMILES string of the molecule is CC1CCc2[nH]ncc2C1C(=O)N1CC(O)(c2ccc(F)c(F)c2)C1. The van der Waals surface area contributed by atoms with Gasteiger partial charge in [-0.3, -0.25) is 9.89 Å². The van der Waals surface area contributed by atoms with Gasteiger partial charge in [-0.05, 0) is 36.5 Å². The zero-order chi connectivity index (χ0) is 17.8. The van der Waals surface area contributed by atoms with E-state index >= 15 is 0 Å². The average molecular weight is 347 g/mol. The number of hydrogen-bond donors (Lipinski definition) is 2. The third kappa shape index (κ3) is 2.54. The van der Waals surface area contributed by atoms with Crippen molar-refractivity contribution in [1.29, 1.82) is 0 Å². The summed E-state index contributed by atoms with van der Waals surface area (Å²) in [7, 11) is 0. The van der Waals surface area contributed by atoms with Crippen molar-refractivity contribution < 1.29 is 18.7 Å². The zero-order valence-corrected chi connectivity index (χ0v) is 13.8. The van der Waals surface area contributed by atoms with Crippen LogP contribution < -0.4 is 0 Å². The number of fused-ring (bicyclic) bond motifs is 1. The van der Waals surface area contributed by atoms with E-state index in [0.717, 1.165) is 36.2 Å². The maximum atomic E-state index is 13.4. The molecule has 1 aromatic carbocycles. The number of β-amino-alcohol motifs (C(OH)–C–C–N with tert-alkyl or cyclic N) is 1. The highest BCUT2D eigenvalue weighted by Crippen LogP contribution is 2.40. The fourth-order valence-electron chi connectivity index (χ4n) is 3.92. The van der Waals surface area contributed by atoms with Crippen LogP contribution >= 0.6 is 0 Å². The first-order chi connectivity index (χ1) is 11.9. The number of aliphatic hydroxyl groups is 1. The largest absolute Gasteiger partial charge is 0.381 e. The van der Waals surface area contributed by atoms with Gasteiger partial charge in [-0.15, -0.1) is 0 Å². The van der Waals surface area contributed by atoms with E-state index in [0.29, 0.717) is 0 Å². The number of aromatic nitrogens is 2. The summed E-state index contributed by atoms with van der Waals surface area (Å²) in [5.74, 6) is -2.10. The number of carbonyl (C=O) groups excluding carboxylic acids is 1. The number of nitrogens with zero attached hydrogens (tertiary/aromatic N) is 2. The van der Waals surface area contributed by atoms with Crippen LogP contribution in [0.2, 0.25) is 0 Å². The van der Waals surface area contributed by atoms with Gasteiger partial charge in [0.15, 0.2) is 11.6 Å². The van der Waals surface area contributed by atoms with E-state index in [1.165, 1.54) is 6.07 Å². The Morgan fingerprint density at radius 2 is 2.12 bits per heavy atom. The summed E-state index contributed by atoms with van der Waals surface area (Å²) in [4.78, 5) is 14.5. The zero-order valence-electron chi connectivity index (χ0n) is 13.8. The number of H-pyrrole nitrogens is 1. The summed E-state index contributed by atoms with van der Waals surface area (Å²) in [5, 5.41) is 17.6. The van der Waals surface area contributed by atoms with Gasteiger partial charge in [0.05, 0.1) is 25.2 Å². The molecule has 2 atom stereocenters. The van der Waals surface area contributed by atoms with Crippen molar-refractivity contribution in [3.8, 4) is 0 Å². The second-order valence-electron chi connectivity index (χ2n) is 7.15. The van der Waals surface area contributed by atoms with E-state index in [4.69, 9.17) is 0 Å². The molecular formula is C18H19F2N3O2. The molecular weight excluding hydrogens is 328 g/mol. The molecule has 2 unspecified atom stereocenters. The first-order valence-electron chi connectivity index (χ1n) is 8.38. The molecule has 1 aliphatic heterocycles. The lowest BCUT2D eigenvalue weighted by Crippen LogP contribution is -2.62. The van der Waals surface area contributed by atoms with Gasteiger partial charge in [0.1, 0.15) is 5.60 Å². The van der Waals surface area contributed by atoms with Crippen LogP contribution in [0, 0.1) is 17.6 Å². The predicted octanol–water partition coefficient (Wildman–Crippen LogP) is 2.08. The summed E-state index contributed by atoms with van der Waals surface area (Å²) >= 11 is 0. The molecule has 0 radical (unpaired) electrons. The maximum absolute atomic E-state index is 13.4. The van der Waals surface area contributed by atoms with Gasteiger partial charge in [0.25, 0.3) is 0 Å². The highest BCUT2D eigenvalue weighted by molar-refractivity contribution is 5.85. The number of benzene rings is 1. The third-order valence-corrected chi connectivity index (χ3v) is 5.44. The standard InChI is InChI=1S/C18H19F2N3O2/c1-10-2-5-15-12(7-21-22-15)16(10)17(24)23-8-18(25,9-23)11-3-4-13(19)14(20)6-11/h3-4,6-7,10,16,25H,2,5,8-9H2,1H3,(H,21,22). The van der Waals surface area contributed by atoms with E-state index in [1.54, 1.807) is 11.1 Å². The second kappa shape index (κ2) is 5.62. The van der Waals surface area contributed by atoms with Gasteiger partial charge in [-0.2, -0.15) is 5.10 Å². The fourth-order valence-corrected chi connectivity index (χ4v) is 3.92. The molecule has 1 aliphatic carbocycles. The summed E-state index contributed by atoms with van der Waals surface area (Å²) < 4.78 is 26.5. The summed E-state index contributed by atoms with van der Waals surface area (Å²) in [6.07, 6.45) is 3.47. The molecule has 4 rings (SSSR count). The number of hydrogen-bond acceptors (Lipinski definition) is 3. The number of halogens is 2.